The largest absolute Gasteiger partial charge is 0.350 e. The number of hydrazine groups is 1. The molecule has 0 fully saturated rings. The first kappa shape index (κ1) is 17.3. The number of carbonyl (C=O) groups excluding carboxylic acids is 2. The lowest BCUT2D eigenvalue weighted by atomic mass is 10.1. The van der Waals surface area contributed by atoms with Gasteiger partial charge in [0.2, 0.25) is 11.7 Å². The van der Waals surface area contributed by atoms with Gasteiger partial charge in [0.1, 0.15) is 17.3 Å². The van der Waals surface area contributed by atoms with E-state index in [0.29, 0.717) is 11.1 Å². The highest BCUT2D eigenvalue weighted by atomic mass is 19.1. The van der Waals surface area contributed by atoms with E-state index in [1.54, 1.807) is 6.07 Å². The molecule has 0 aliphatic carbocycles. The minimum atomic E-state index is -0.715. The Morgan fingerprint density at radius 1 is 0.962 bits per heavy atom. The van der Waals surface area contributed by atoms with Crippen molar-refractivity contribution in [3.63, 3.8) is 0 Å². The van der Waals surface area contributed by atoms with Crippen LogP contribution >= 0.6 is 0 Å². The van der Waals surface area contributed by atoms with Crippen LogP contribution in [0, 0.1) is 11.6 Å². The summed E-state index contributed by atoms with van der Waals surface area (Å²) in [4.78, 5) is 23.8. The average Bonchev–Trinajstić information content (AvgIpc) is 3.12. The highest BCUT2D eigenvalue weighted by Gasteiger charge is 2.15. The third-order valence-corrected chi connectivity index (χ3v) is 3.45. The highest BCUT2D eigenvalue weighted by Crippen LogP contribution is 2.19. The van der Waals surface area contributed by atoms with E-state index in [4.69, 9.17) is 4.52 Å². The van der Waals surface area contributed by atoms with E-state index in [2.05, 4.69) is 16.0 Å². The van der Waals surface area contributed by atoms with Gasteiger partial charge in [-0.3, -0.25) is 20.4 Å². The summed E-state index contributed by atoms with van der Waals surface area (Å²) in [7, 11) is 0. The van der Waals surface area contributed by atoms with Gasteiger partial charge in [0.05, 0.1) is 6.42 Å². The van der Waals surface area contributed by atoms with E-state index >= 15 is 0 Å². The van der Waals surface area contributed by atoms with Crippen LogP contribution in [0.25, 0.3) is 11.3 Å². The van der Waals surface area contributed by atoms with E-state index in [1.807, 2.05) is 0 Å². The fourth-order valence-electron chi connectivity index (χ4n) is 2.19. The fourth-order valence-corrected chi connectivity index (χ4v) is 2.19. The summed E-state index contributed by atoms with van der Waals surface area (Å²) in [5.41, 5.74) is 5.73. The molecule has 2 N–H and O–H groups in total. The lowest BCUT2D eigenvalue weighted by molar-refractivity contribution is -0.121. The lowest BCUT2D eigenvalue weighted by Crippen LogP contribution is -2.42. The normalized spacial score (nSPS) is 10.4. The topological polar surface area (TPSA) is 84.2 Å². The zero-order valence-corrected chi connectivity index (χ0v) is 13.3. The average molecular weight is 357 g/mol. The first-order chi connectivity index (χ1) is 12.5. The molecular formula is C18H13F2N3O3. The molecule has 0 atom stereocenters. The second-order valence-corrected chi connectivity index (χ2v) is 5.39. The van der Waals surface area contributed by atoms with Crippen LogP contribution in [0.3, 0.4) is 0 Å². The predicted octanol–water partition coefficient (Wildman–Crippen LogP) is 2.62. The van der Waals surface area contributed by atoms with Crippen molar-refractivity contribution in [1.82, 2.24) is 16.0 Å². The minimum Gasteiger partial charge on any atom is -0.350 e. The molecule has 0 unspecified atom stereocenters. The molecule has 0 aliphatic rings. The maximum atomic E-state index is 13.2. The maximum absolute atomic E-state index is 13.2. The van der Waals surface area contributed by atoms with Gasteiger partial charge in [-0.25, -0.2) is 8.78 Å². The summed E-state index contributed by atoms with van der Waals surface area (Å²) in [6.07, 6.45) is -0.0362. The van der Waals surface area contributed by atoms with E-state index < -0.39 is 23.4 Å². The molecule has 0 aliphatic heterocycles. The van der Waals surface area contributed by atoms with E-state index in [9.17, 15) is 18.4 Å². The third kappa shape index (κ3) is 4.29. The molecule has 0 bridgehead atoms. The van der Waals surface area contributed by atoms with Crippen molar-refractivity contribution < 1.29 is 22.9 Å². The molecule has 2 aromatic carbocycles. The van der Waals surface area contributed by atoms with Gasteiger partial charge in [-0.15, -0.1) is 0 Å². The Morgan fingerprint density at radius 2 is 1.73 bits per heavy atom. The quantitative estimate of drug-likeness (QED) is 0.703. The van der Waals surface area contributed by atoms with Crippen molar-refractivity contribution in [2.24, 2.45) is 0 Å². The van der Waals surface area contributed by atoms with Crippen LogP contribution in [-0.2, 0) is 11.2 Å². The number of rotatable bonds is 4. The molecule has 3 rings (SSSR count). The highest BCUT2D eigenvalue weighted by molar-refractivity contribution is 5.93. The molecule has 0 saturated heterocycles. The molecule has 8 heteroatoms. The molecule has 3 aromatic rings. The molecule has 1 aromatic heterocycles. The summed E-state index contributed by atoms with van der Waals surface area (Å²) in [5.74, 6) is -2.19. The Bertz CT molecular complexity index is 939. The Kier molecular flexibility index (Phi) is 5.02. The van der Waals surface area contributed by atoms with Crippen LogP contribution in [-0.4, -0.2) is 17.0 Å². The molecule has 0 radical (unpaired) electrons. The Morgan fingerprint density at radius 3 is 2.46 bits per heavy atom. The Hall–Kier alpha value is -3.55. The number of nitrogens with one attached hydrogen (secondary N) is 2. The molecule has 2 amide bonds. The van der Waals surface area contributed by atoms with Gasteiger partial charge in [-0.1, -0.05) is 29.4 Å². The number of carbonyl (C=O) groups is 2. The zero-order valence-electron chi connectivity index (χ0n) is 13.3. The van der Waals surface area contributed by atoms with E-state index in [0.717, 1.165) is 0 Å². The monoisotopic (exact) mass is 357 g/mol. The summed E-state index contributed by atoms with van der Waals surface area (Å²) >= 11 is 0. The number of amides is 2. The second kappa shape index (κ2) is 7.56. The second-order valence-electron chi connectivity index (χ2n) is 5.39. The third-order valence-electron chi connectivity index (χ3n) is 3.45. The van der Waals surface area contributed by atoms with Crippen LogP contribution in [0.2, 0.25) is 0 Å². The van der Waals surface area contributed by atoms with Crippen LogP contribution in [0.4, 0.5) is 8.78 Å². The Labute approximate surface area is 146 Å². The van der Waals surface area contributed by atoms with Crippen molar-refractivity contribution in [1.29, 1.82) is 0 Å². The van der Waals surface area contributed by atoms with Crippen LogP contribution in [0.15, 0.2) is 59.1 Å². The van der Waals surface area contributed by atoms with Gasteiger partial charge >= 0.3 is 5.91 Å². The molecule has 26 heavy (non-hydrogen) atoms. The maximum Gasteiger partial charge on any atom is 0.308 e. The summed E-state index contributed by atoms with van der Waals surface area (Å²) < 4.78 is 30.9. The van der Waals surface area contributed by atoms with Crippen molar-refractivity contribution in [2.45, 2.75) is 6.42 Å². The molecular weight excluding hydrogens is 344 g/mol. The molecule has 0 saturated carbocycles. The fraction of sp³-hybridized carbons (Fsp3) is 0.0556. The molecule has 1 heterocycles. The number of aromatic nitrogens is 1. The van der Waals surface area contributed by atoms with Gasteiger partial charge in [0, 0.05) is 11.6 Å². The number of benzene rings is 2. The molecule has 132 valence electrons. The standard InChI is InChI=1S/C18H13F2N3O3/c19-13-6-4-11(5-7-13)8-17(24)21-22-18(25)16-10-15(23-26-16)12-2-1-3-14(20)9-12/h1-7,9-10H,8H2,(H,21,24)(H,22,25). The number of halogens is 2. The summed E-state index contributed by atoms with van der Waals surface area (Å²) in [5, 5.41) is 3.70. The van der Waals surface area contributed by atoms with E-state index in [1.165, 1.54) is 48.5 Å². The number of hydrogen-bond acceptors (Lipinski definition) is 4. The molecule has 6 nitrogen and oxygen atoms in total. The summed E-state index contributed by atoms with van der Waals surface area (Å²) in [6, 6.07) is 12.4. The Balaban J connectivity index is 1.57. The van der Waals surface area contributed by atoms with Gasteiger partial charge in [0.25, 0.3) is 0 Å². The van der Waals surface area contributed by atoms with Crippen molar-refractivity contribution in [3.8, 4) is 11.3 Å². The SMILES string of the molecule is O=C(Cc1ccc(F)cc1)NNC(=O)c1cc(-c2cccc(F)c2)no1. The van der Waals surface area contributed by atoms with Gasteiger partial charge in [-0.05, 0) is 29.8 Å². The van der Waals surface area contributed by atoms with Gasteiger partial charge in [0.15, 0.2) is 0 Å². The van der Waals surface area contributed by atoms with Gasteiger partial charge in [-0.2, -0.15) is 0 Å². The number of hydrogen-bond donors (Lipinski definition) is 2. The van der Waals surface area contributed by atoms with Crippen LogP contribution < -0.4 is 10.9 Å². The minimum absolute atomic E-state index is 0.0362. The summed E-state index contributed by atoms with van der Waals surface area (Å²) in [6.45, 7) is 0. The van der Waals surface area contributed by atoms with Gasteiger partial charge < -0.3 is 4.52 Å². The smallest absolute Gasteiger partial charge is 0.308 e. The van der Waals surface area contributed by atoms with Crippen LogP contribution in [0.5, 0.6) is 0 Å². The van der Waals surface area contributed by atoms with Crippen molar-refractivity contribution >= 4 is 11.8 Å². The van der Waals surface area contributed by atoms with Crippen LogP contribution in [0.1, 0.15) is 16.1 Å². The van der Waals surface area contributed by atoms with Crippen molar-refractivity contribution in [3.05, 3.63) is 77.6 Å². The number of nitrogens with zero attached hydrogens (tertiary/aromatic N) is 1. The first-order valence-corrected chi connectivity index (χ1v) is 7.57. The van der Waals surface area contributed by atoms with Crippen molar-refractivity contribution in [2.75, 3.05) is 0 Å². The lowest BCUT2D eigenvalue weighted by Gasteiger charge is -2.05. The zero-order chi connectivity index (χ0) is 18.5. The molecule has 0 spiro atoms. The van der Waals surface area contributed by atoms with E-state index in [-0.39, 0.29) is 17.9 Å². The predicted molar refractivity (Wildman–Crippen MR) is 87.6 cm³/mol. The first-order valence-electron chi connectivity index (χ1n) is 7.57.